The van der Waals surface area contributed by atoms with Crippen molar-refractivity contribution in [1.29, 1.82) is 0 Å². The molecule has 0 spiro atoms. The topological polar surface area (TPSA) is 29.9 Å². The average molecular weight is 262 g/mol. The predicted octanol–water partition coefficient (Wildman–Crippen LogP) is 3.01. The van der Waals surface area contributed by atoms with Crippen molar-refractivity contribution >= 4 is 11.6 Å². The summed E-state index contributed by atoms with van der Waals surface area (Å²) in [4.78, 5) is 4.49. The van der Waals surface area contributed by atoms with Gasteiger partial charge in [0.25, 0.3) is 0 Å². The summed E-state index contributed by atoms with van der Waals surface area (Å²) in [7, 11) is 0. The molecular formula is C14H16ClN3. The maximum atomic E-state index is 5.90. The van der Waals surface area contributed by atoms with E-state index >= 15 is 0 Å². The number of hydrogen-bond acceptors (Lipinski definition) is 2. The molecular weight excluding hydrogens is 246 g/mol. The Bertz CT molecular complexity index is 512. The second-order valence-electron chi connectivity index (χ2n) is 4.69. The van der Waals surface area contributed by atoms with Crippen LogP contribution in [0.25, 0.3) is 0 Å². The molecule has 0 amide bonds. The van der Waals surface area contributed by atoms with E-state index in [2.05, 4.69) is 27.0 Å². The van der Waals surface area contributed by atoms with Gasteiger partial charge in [0.15, 0.2) is 0 Å². The minimum atomic E-state index is 0.410. The summed E-state index contributed by atoms with van der Waals surface area (Å²) in [5, 5.41) is 4.27. The third kappa shape index (κ3) is 2.42. The molecule has 94 valence electrons. The van der Waals surface area contributed by atoms with Gasteiger partial charge < -0.3 is 9.88 Å². The van der Waals surface area contributed by atoms with Gasteiger partial charge in [0.05, 0.1) is 6.04 Å². The highest BCUT2D eigenvalue weighted by Crippen LogP contribution is 2.22. The molecule has 0 bridgehead atoms. The van der Waals surface area contributed by atoms with Crippen molar-refractivity contribution in [3.63, 3.8) is 0 Å². The number of nitrogens with zero attached hydrogens (tertiary/aromatic N) is 2. The summed E-state index contributed by atoms with van der Waals surface area (Å²) in [6, 6.07) is 8.40. The molecule has 4 heteroatoms. The second kappa shape index (κ2) is 5.12. The summed E-state index contributed by atoms with van der Waals surface area (Å²) >= 11 is 5.90. The van der Waals surface area contributed by atoms with Gasteiger partial charge in [-0.05, 0) is 37.1 Å². The van der Waals surface area contributed by atoms with Crippen molar-refractivity contribution < 1.29 is 0 Å². The molecule has 1 fully saturated rings. The standard InChI is InChI=1S/C14H16ClN3/c15-12-5-3-11(4-6-12)10-18-9-8-17-14(18)13-2-1-7-16-13/h3-6,8-9,13,16H,1-2,7,10H2/t13-/m1/s1. The Balaban J connectivity index is 1.80. The first kappa shape index (κ1) is 11.8. The largest absolute Gasteiger partial charge is 0.329 e. The molecule has 0 aliphatic carbocycles. The van der Waals surface area contributed by atoms with Crippen molar-refractivity contribution in [1.82, 2.24) is 14.9 Å². The Morgan fingerprint density at radius 2 is 2.17 bits per heavy atom. The number of benzene rings is 1. The Kier molecular flexibility index (Phi) is 3.35. The Morgan fingerprint density at radius 3 is 2.89 bits per heavy atom. The van der Waals surface area contributed by atoms with E-state index in [9.17, 15) is 0 Å². The highest BCUT2D eigenvalue weighted by molar-refractivity contribution is 6.30. The molecule has 3 nitrogen and oxygen atoms in total. The van der Waals surface area contributed by atoms with E-state index in [1.807, 2.05) is 24.5 Å². The van der Waals surface area contributed by atoms with E-state index in [1.54, 1.807) is 0 Å². The third-order valence-electron chi connectivity index (χ3n) is 3.39. The fourth-order valence-electron chi connectivity index (χ4n) is 2.46. The van der Waals surface area contributed by atoms with Gasteiger partial charge in [-0.1, -0.05) is 23.7 Å². The number of hydrogen-bond donors (Lipinski definition) is 1. The van der Waals surface area contributed by atoms with Gasteiger partial charge >= 0.3 is 0 Å². The van der Waals surface area contributed by atoms with Crippen molar-refractivity contribution in [3.05, 3.63) is 53.1 Å². The van der Waals surface area contributed by atoms with Crippen molar-refractivity contribution in [2.24, 2.45) is 0 Å². The van der Waals surface area contributed by atoms with Gasteiger partial charge in [0.1, 0.15) is 5.82 Å². The van der Waals surface area contributed by atoms with Gasteiger partial charge in [0.2, 0.25) is 0 Å². The Morgan fingerprint density at radius 1 is 1.33 bits per heavy atom. The Hall–Kier alpha value is -1.32. The van der Waals surface area contributed by atoms with Gasteiger partial charge in [-0.2, -0.15) is 0 Å². The first-order valence-electron chi connectivity index (χ1n) is 6.32. The summed E-state index contributed by atoms with van der Waals surface area (Å²) in [5.41, 5.74) is 1.25. The molecule has 1 aromatic heterocycles. The molecule has 1 aliphatic heterocycles. The zero-order valence-corrected chi connectivity index (χ0v) is 10.9. The van der Waals surface area contributed by atoms with E-state index in [4.69, 9.17) is 11.6 Å². The van der Waals surface area contributed by atoms with E-state index < -0.39 is 0 Å². The minimum Gasteiger partial charge on any atom is -0.329 e. The molecule has 1 atom stereocenters. The average Bonchev–Trinajstić information content (AvgIpc) is 3.02. The highest BCUT2D eigenvalue weighted by Gasteiger charge is 2.20. The van der Waals surface area contributed by atoms with Crippen LogP contribution in [0.15, 0.2) is 36.7 Å². The third-order valence-corrected chi connectivity index (χ3v) is 3.64. The molecule has 3 rings (SSSR count). The fraction of sp³-hybridized carbons (Fsp3) is 0.357. The monoisotopic (exact) mass is 261 g/mol. The first-order valence-corrected chi connectivity index (χ1v) is 6.69. The van der Waals surface area contributed by atoms with Gasteiger partial charge in [-0.25, -0.2) is 4.98 Å². The van der Waals surface area contributed by atoms with E-state index in [0.717, 1.165) is 23.9 Å². The van der Waals surface area contributed by atoms with E-state index in [0.29, 0.717) is 6.04 Å². The lowest BCUT2D eigenvalue weighted by Gasteiger charge is -2.13. The summed E-state index contributed by atoms with van der Waals surface area (Å²) in [5.74, 6) is 1.14. The SMILES string of the molecule is Clc1ccc(Cn2ccnc2[C@H]2CCCN2)cc1. The smallest absolute Gasteiger partial charge is 0.126 e. The molecule has 2 heterocycles. The summed E-state index contributed by atoms with van der Waals surface area (Å²) in [6.45, 7) is 1.95. The summed E-state index contributed by atoms with van der Waals surface area (Å²) in [6.07, 6.45) is 6.34. The zero-order chi connectivity index (χ0) is 12.4. The molecule has 0 radical (unpaired) electrons. The molecule has 1 aliphatic rings. The summed E-state index contributed by atoms with van der Waals surface area (Å²) < 4.78 is 2.21. The van der Waals surface area contributed by atoms with Gasteiger partial charge in [-0.15, -0.1) is 0 Å². The minimum absolute atomic E-state index is 0.410. The van der Waals surface area contributed by atoms with E-state index in [-0.39, 0.29) is 0 Å². The second-order valence-corrected chi connectivity index (χ2v) is 5.13. The van der Waals surface area contributed by atoms with Gasteiger partial charge in [-0.3, -0.25) is 0 Å². The predicted molar refractivity (Wildman–Crippen MR) is 72.8 cm³/mol. The molecule has 0 unspecified atom stereocenters. The van der Waals surface area contributed by atoms with E-state index in [1.165, 1.54) is 18.4 Å². The van der Waals surface area contributed by atoms with Crippen LogP contribution in [0.5, 0.6) is 0 Å². The lowest BCUT2D eigenvalue weighted by molar-refractivity contribution is 0.565. The van der Waals surface area contributed by atoms with Crippen LogP contribution in [-0.2, 0) is 6.54 Å². The number of rotatable bonds is 3. The first-order chi connectivity index (χ1) is 8.83. The highest BCUT2D eigenvalue weighted by atomic mass is 35.5. The van der Waals surface area contributed by atoms with Crippen LogP contribution < -0.4 is 5.32 Å². The Labute approximate surface area is 112 Å². The van der Waals surface area contributed by atoms with Crippen LogP contribution in [0.4, 0.5) is 0 Å². The number of halogens is 1. The number of nitrogens with one attached hydrogen (secondary N) is 1. The number of aromatic nitrogens is 2. The molecule has 18 heavy (non-hydrogen) atoms. The number of imidazole rings is 1. The lowest BCUT2D eigenvalue weighted by atomic mass is 10.2. The normalized spacial score (nSPS) is 19.3. The lowest BCUT2D eigenvalue weighted by Crippen LogP contribution is -2.18. The molecule has 1 N–H and O–H groups in total. The van der Waals surface area contributed by atoms with Crippen molar-refractivity contribution in [3.8, 4) is 0 Å². The van der Waals surface area contributed by atoms with Crippen LogP contribution in [0.2, 0.25) is 5.02 Å². The van der Waals surface area contributed by atoms with Crippen LogP contribution in [-0.4, -0.2) is 16.1 Å². The van der Waals surface area contributed by atoms with Gasteiger partial charge in [0, 0.05) is 24.0 Å². The maximum absolute atomic E-state index is 5.90. The molecule has 2 aromatic rings. The van der Waals surface area contributed by atoms with Crippen LogP contribution in [0, 0.1) is 0 Å². The zero-order valence-electron chi connectivity index (χ0n) is 10.1. The van der Waals surface area contributed by atoms with Crippen LogP contribution in [0.1, 0.15) is 30.3 Å². The van der Waals surface area contributed by atoms with Crippen LogP contribution >= 0.6 is 11.6 Å². The molecule has 0 saturated carbocycles. The van der Waals surface area contributed by atoms with Crippen molar-refractivity contribution in [2.45, 2.75) is 25.4 Å². The maximum Gasteiger partial charge on any atom is 0.126 e. The quantitative estimate of drug-likeness (QED) is 0.921. The fourth-order valence-corrected chi connectivity index (χ4v) is 2.58. The van der Waals surface area contributed by atoms with Crippen LogP contribution in [0.3, 0.4) is 0 Å². The molecule has 1 saturated heterocycles. The van der Waals surface area contributed by atoms with Crippen molar-refractivity contribution in [2.75, 3.05) is 6.54 Å². The molecule has 1 aromatic carbocycles.